The topological polar surface area (TPSA) is 40.6 Å². The molecule has 0 radical (unpaired) electrons. The van der Waals surface area contributed by atoms with E-state index in [9.17, 15) is 9.59 Å². The van der Waals surface area contributed by atoms with Gasteiger partial charge in [-0.05, 0) is 30.7 Å². The van der Waals surface area contributed by atoms with Crippen molar-refractivity contribution in [3.8, 4) is 0 Å². The molecule has 0 N–H and O–H groups in total. The summed E-state index contributed by atoms with van der Waals surface area (Å²) in [7, 11) is 0. The number of nitrogens with zero attached hydrogens (tertiary/aromatic N) is 2. The molecule has 2 aromatic carbocycles. The number of hydrogen-bond donors (Lipinski definition) is 0. The summed E-state index contributed by atoms with van der Waals surface area (Å²) in [6.45, 7) is 8.98. The summed E-state index contributed by atoms with van der Waals surface area (Å²) >= 11 is 1.80. The van der Waals surface area contributed by atoms with Crippen molar-refractivity contribution in [3.63, 3.8) is 0 Å². The summed E-state index contributed by atoms with van der Waals surface area (Å²) in [4.78, 5) is 30.6. The van der Waals surface area contributed by atoms with Crippen molar-refractivity contribution in [3.05, 3.63) is 71.8 Å². The van der Waals surface area contributed by atoms with Crippen LogP contribution in [-0.2, 0) is 4.79 Å². The fourth-order valence-corrected chi connectivity index (χ4v) is 4.38. The van der Waals surface area contributed by atoms with Gasteiger partial charge in [0.25, 0.3) is 0 Å². The van der Waals surface area contributed by atoms with Crippen molar-refractivity contribution < 1.29 is 9.59 Å². The Morgan fingerprint density at radius 1 is 0.903 bits per heavy atom. The third-order valence-electron chi connectivity index (χ3n) is 5.28. The Bertz CT molecular complexity index is 876. The molecule has 166 valence electrons. The molecule has 0 bridgehead atoms. The Morgan fingerprint density at radius 3 is 2.10 bits per heavy atom. The molecular weight excluding hydrogens is 428 g/mol. The molecule has 1 saturated heterocycles. The van der Waals surface area contributed by atoms with E-state index in [-0.39, 0.29) is 30.1 Å². The Labute approximate surface area is 196 Å². The van der Waals surface area contributed by atoms with Gasteiger partial charge in [0, 0.05) is 48.0 Å². The highest BCUT2D eigenvalue weighted by Gasteiger charge is 2.27. The van der Waals surface area contributed by atoms with Crippen molar-refractivity contribution in [2.45, 2.75) is 37.0 Å². The zero-order valence-corrected chi connectivity index (χ0v) is 20.0. The maximum atomic E-state index is 12.9. The smallest absolute Gasteiger partial charge is 0.246 e. The maximum absolute atomic E-state index is 12.9. The van der Waals surface area contributed by atoms with Crippen molar-refractivity contribution in [2.75, 3.05) is 26.2 Å². The zero-order chi connectivity index (χ0) is 21.5. The second-order valence-electron chi connectivity index (χ2n) is 7.84. The average Bonchev–Trinajstić information content (AvgIpc) is 2.77. The largest absolute Gasteiger partial charge is 0.337 e. The molecule has 2 aromatic rings. The quantitative estimate of drug-likeness (QED) is 0.331. The van der Waals surface area contributed by atoms with Gasteiger partial charge in [0.1, 0.15) is 0 Å². The molecule has 1 amide bonds. The zero-order valence-electron chi connectivity index (χ0n) is 18.4. The van der Waals surface area contributed by atoms with Gasteiger partial charge in [-0.15, -0.1) is 24.2 Å². The van der Waals surface area contributed by atoms with Crippen molar-refractivity contribution in [1.29, 1.82) is 0 Å². The predicted molar refractivity (Wildman–Crippen MR) is 132 cm³/mol. The molecule has 1 unspecified atom stereocenters. The first-order valence-corrected chi connectivity index (χ1v) is 11.4. The standard InChI is InChI=1S/C25H30N2O2S.ClH/c1-19(2)30-23-12-10-22(11-13-23)25(29)20(3)26-15-17-27(18-16-26)24(28)14-9-21-7-5-4-6-8-21;/h4-14,19-20H,15-18H2,1-3H3;1H/b14-9+;. The molecule has 1 heterocycles. The summed E-state index contributed by atoms with van der Waals surface area (Å²) in [5, 5.41) is 0.520. The van der Waals surface area contributed by atoms with E-state index in [1.807, 2.05) is 72.5 Å². The normalized spacial score (nSPS) is 15.7. The number of thioether (sulfide) groups is 1. The first-order chi connectivity index (χ1) is 14.4. The van der Waals surface area contributed by atoms with Gasteiger partial charge >= 0.3 is 0 Å². The van der Waals surface area contributed by atoms with Crippen LogP contribution in [0.2, 0.25) is 0 Å². The molecular formula is C25H31ClN2O2S. The number of hydrogen-bond acceptors (Lipinski definition) is 4. The highest BCUT2D eigenvalue weighted by Crippen LogP contribution is 2.23. The number of ketones is 1. The SMILES string of the molecule is CC(C)Sc1ccc(C(=O)C(C)N2CCN(C(=O)/C=C/c3ccccc3)CC2)cc1.Cl. The lowest BCUT2D eigenvalue weighted by atomic mass is 10.0. The number of carbonyl (C=O) groups excluding carboxylic acids is 2. The first kappa shape index (κ1) is 25.2. The van der Waals surface area contributed by atoms with E-state index in [0.717, 1.165) is 11.1 Å². The minimum absolute atomic E-state index is 0. The molecule has 31 heavy (non-hydrogen) atoms. The number of amides is 1. The number of piperazine rings is 1. The number of Topliss-reactive ketones (excluding diaryl/α,β-unsaturated/α-hetero) is 1. The fourth-order valence-electron chi connectivity index (χ4n) is 3.54. The third kappa shape index (κ3) is 7.23. The van der Waals surface area contributed by atoms with Gasteiger partial charge < -0.3 is 4.90 Å². The Hall–Kier alpha value is -2.08. The van der Waals surface area contributed by atoms with E-state index in [1.54, 1.807) is 17.8 Å². The molecule has 1 aliphatic rings. The van der Waals surface area contributed by atoms with Crippen LogP contribution in [0.4, 0.5) is 0 Å². The van der Waals surface area contributed by atoms with E-state index in [2.05, 4.69) is 18.7 Å². The first-order valence-electron chi connectivity index (χ1n) is 10.5. The van der Waals surface area contributed by atoms with Gasteiger partial charge in [-0.25, -0.2) is 0 Å². The van der Waals surface area contributed by atoms with Gasteiger partial charge in [-0.1, -0.05) is 56.3 Å². The van der Waals surface area contributed by atoms with Gasteiger partial charge in [0.15, 0.2) is 5.78 Å². The van der Waals surface area contributed by atoms with E-state index in [1.165, 1.54) is 4.90 Å². The van der Waals surface area contributed by atoms with Gasteiger partial charge in [-0.3, -0.25) is 14.5 Å². The van der Waals surface area contributed by atoms with Crippen LogP contribution >= 0.6 is 24.2 Å². The molecule has 3 rings (SSSR count). The number of halogens is 1. The number of carbonyl (C=O) groups is 2. The highest BCUT2D eigenvalue weighted by molar-refractivity contribution is 7.99. The van der Waals surface area contributed by atoms with Crippen LogP contribution in [0.1, 0.15) is 36.7 Å². The molecule has 4 nitrogen and oxygen atoms in total. The number of benzene rings is 2. The lowest BCUT2D eigenvalue weighted by Gasteiger charge is -2.37. The van der Waals surface area contributed by atoms with Crippen LogP contribution in [-0.4, -0.2) is 59.0 Å². The van der Waals surface area contributed by atoms with E-state index in [4.69, 9.17) is 0 Å². The second kappa shape index (κ2) is 12.1. The van der Waals surface area contributed by atoms with Gasteiger partial charge in [-0.2, -0.15) is 0 Å². The Kier molecular flexibility index (Phi) is 9.82. The minimum atomic E-state index is -0.189. The molecule has 0 spiro atoms. The van der Waals surface area contributed by atoms with Crippen LogP contribution in [0, 0.1) is 0 Å². The van der Waals surface area contributed by atoms with Crippen LogP contribution < -0.4 is 0 Å². The van der Waals surface area contributed by atoms with Crippen LogP contribution in [0.25, 0.3) is 6.08 Å². The molecule has 0 saturated carbocycles. The highest BCUT2D eigenvalue weighted by atomic mass is 35.5. The van der Waals surface area contributed by atoms with Crippen LogP contribution in [0.3, 0.4) is 0 Å². The summed E-state index contributed by atoms with van der Waals surface area (Å²) < 4.78 is 0. The van der Waals surface area contributed by atoms with Crippen molar-refractivity contribution in [1.82, 2.24) is 9.80 Å². The van der Waals surface area contributed by atoms with Crippen LogP contribution in [0.15, 0.2) is 65.6 Å². The third-order valence-corrected chi connectivity index (χ3v) is 6.30. The Balaban J connectivity index is 0.00000341. The molecule has 0 aromatic heterocycles. The van der Waals surface area contributed by atoms with E-state index < -0.39 is 0 Å². The Morgan fingerprint density at radius 2 is 1.52 bits per heavy atom. The lowest BCUT2D eigenvalue weighted by molar-refractivity contribution is -0.127. The monoisotopic (exact) mass is 458 g/mol. The van der Waals surface area contributed by atoms with Crippen molar-refractivity contribution in [2.24, 2.45) is 0 Å². The summed E-state index contributed by atoms with van der Waals surface area (Å²) in [6, 6.07) is 17.5. The van der Waals surface area contributed by atoms with Crippen LogP contribution in [0.5, 0.6) is 0 Å². The maximum Gasteiger partial charge on any atom is 0.246 e. The minimum Gasteiger partial charge on any atom is -0.337 e. The fraction of sp³-hybridized carbons (Fsp3) is 0.360. The van der Waals surface area contributed by atoms with Crippen molar-refractivity contribution >= 4 is 41.9 Å². The molecule has 6 heteroatoms. The molecule has 1 fully saturated rings. The lowest BCUT2D eigenvalue weighted by Crippen LogP contribution is -2.52. The summed E-state index contributed by atoms with van der Waals surface area (Å²) in [5.74, 6) is 0.163. The second-order valence-corrected chi connectivity index (χ2v) is 9.49. The van der Waals surface area contributed by atoms with Gasteiger partial charge in [0.05, 0.1) is 6.04 Å². The predicted octanol–water partition coefficient (Wildman–Crippen LogP) is 5.04. The van der Waals surface area contributed by atoms with E-state index in [0.29, 0.717) is 31.4 Å². The summed E-state index contributed by atoms with van der Waals surface area (Å²) in [6.07, 6.45) is 3.48. The molecule has 1 atom stereocenters. The number of rotatable bonds is 7. The van der Waals surface area contributed by atoms with Gasteiger partial charge in [0.2, 0.25) is 5.91 Å². The molecule has 1 aliphatic heterocycles. The summed E-state index contributed by atoms with van der Waals surface area (Å²) in [5.41, 5.74) is 1.77. The van der Waals surface area contributed by atoms with E-state index >= 15 is 0 Å². The molecule has 0 aliphatic carbocycles. The average molecular weight is 459 g/mol.